The van der Waals surface area contributed by atoms with Crippen LogP contribution >= 0.6 is 11.3 Å². The molecular formula is C22H25N5O2S. The second-order valence-electron chi connectivity index (χ2n) is 7.18. The Hall–Kier alpha value is -3.00. The van der Waals surface area contributed by atoms with Gasteiger partial charge in [0.2, 0.25) is 5.95 Å². The summed E-state index contributed by atoms with van der Waals surface area (Å²) in [5.41, 5.74) is 2.47. The van der Waals surface area contributed by atoms with E-state index in [-0.39, 0.29) is 5.91 Å². The van der Waals surface area contributed by atoms with E-state index in [1.807, 2.05) is 29.6 Å². The van der Waals surface area contributed by atoms with E-state index in [0.717, 1.165) is 35.1 Å². The number of nitrogens with one attached hydrogen (secondary N) is 1. The Morgan fingerprint density at radius 2 is 1.87 bits per heavy atom. The molecule has 0 atom stereocenters. The molecular weight excluding hydrogens is 398 g/mol. The van der Waals surface area contributed by atoms with Crippen molar-refractivity contribution in [3.63, 3.8) is 0 Å². The van der Waals surface area contributed by atoms with Gasteiger partial charge in [0.25, 0.3) is 5.91 Å². The van der Waals surface area contributed by atoms with Crippen molar-refractivity contribution in [2.75, 3.05) is 31.6 Å². The number of methoxy groups -OCH3 is 1. The zero-order valence-corrected chi connectivity index (χ0v) is 17.8. The number of ether oxygens (including phenoxy) is 1. The van der Waals surface area contributed by atoms with Crippen molar-refractivity contribution in [1.29, 1.82) is 0 Å². The molecule has 0 radical (unpaired) electrons. The highest BCUT2D eigenvalue weighted by Gasteiger charge is 2.14. The molecule has 0 saturated carbocycles. The van der Waals surface area contributed by atoms with Crippen molar-refractivity contribution in [3.05, 3.63) is 52.6 Å². The average Bonchev–Trinajstić information content (AvgIpc) is 3.29. The number of hydrogen-bond donors (Lipinski definition) is 1. The SMILES string of the molecule is COc1ccc(-c2csc(CCNC(=O)c3cnc(N4CCCCC4)nc3)n2)cc1. The lowest BCUT2D eigenvalue weighted by molar-refractivity contribution is 0.0953. The minimum atomic E-state index is -0.160. The van der Waals surface area contributed by atoms with Gasteiger partial charge >= 0.3 is 0 Å². The molecule has 1 fully saturated rings. The van der Waals surface area contributed by atoms with Crippen LogP contribution in [0.3, 0.4) is 0 Å². The molecule has 0 unspecified atom stereocenters. The number of thiazole rings is 1. The number of benzene rings is 1. The monoisotopic (exact) mass is 423 g/mol. The van der Waals surface area contributed by atoms with Gasteiger partial charge in [0.05, 0.1) is 23.4 Å². The summed E-state index contributed by atoms with van der Waals surface area (Å²) in [6, 6.07) is 7.83. The molecule has 1 saturated heterocycles. The largest absolute Gasteiger partial charge is 0.497 e. The van der Waals surface area contributed by atoms with Crippen LogP contribution in [0.4, 0.5) is 5.95 Å². The minimum absolute atomic E-state index is 0.160. The third kappa shape index (κ3) is 4.94. The van der Waals surface area contributed by atoms with Crippen molar-refractivity contribution in [2.45, 2.75) is 25.7 Å². The second kappa shape index (κ2) is 9.67. The van der Waals surface area contributed by atoms with Crippen LogP contribution < -0.4 is 15.0 Å². The first-order chi connectivity index (χ1) is 14.7. The molecule has 1 aromatic carbocycles. The Bertz CT molecular complexity index is 966. The Balaban J connectivity index is 1.27. The highest BCUT2D eigenvalue weighted by Crippen LogP contribution is 2.24. The van der Waals surface area contributed by atoms with E-state index in [2.05, 4.69) is 25.2 Å². The van der Waals surface area contributed by atoms with Crippen molar-refractivity contribution in [3.8, 4) is 17.0 Å². The van der Waals surface area contributed by atoms with Gasteiger partial charge in [-0.1, -0.05) is 0 Å². The van der Waals surface area contributed by atoms with Crippen LogP contribution in [0, 0.1) is 0 Å². The maximum atomic E-state index is 12.4. The fraction of sp³-hybridized carbons (Fsp3) is 0.364. The molecule has 156 valence electrons. The first-order valence-corrected chi connectivity index (χ1v) is 11.0. The second-order valence-corrected chi connectivity index (χ2v) is 8.12. The smallest absolute Gasteiger partial charge is 0.254 e. The quantitative estimate of drug-likeness (QED) is 0.626. The predicted molar refractivity (Wildman–Crippen MR) is 118 cm³/mol. The van der Waals surface area contributed by atoms with E-state index in [4.69, 9.17) is 4.74 Å². The summed E-state index contributed by atoms with van der Waals surface area (Å²) < 4.78 is 5.19. The van der Waals surface area contributed by atoms with Gasteiger partial charge in [-0.05, 0) is 43.5 Å². The maximum Gasteiger partial charge on any atom is 0.254 e. The number of aromatic nitrogens is 3. The summed E-state index contributed by atoms with van der Waals surface area (Å²) >= 11 is 1.60. The lowest BCUT2D eigenvalue weighted by Crippen LogP contribution is -2.31. The molecule has 0 aliphatic carbocycles. The summed E-state index contributed by atoms with van der Waals surface area (Å²) in [6.07, 6.45) is 7.50. The number of piperidine rings is 1. The van der Waals surface area contributed by atoms with Crippen molar-refractivity contribution in [2.24, 2.45) is 0 Å². The summed E-state index contributed by atoms with van der Waals surface area (Å²) in [7, 11) is 1.65. The predicted octanol–water partition coefficient (Wildman–Crippen LogP) is 3.57. The highest BCUT2D eigenvalue weighted by molar-refractivity contribution is 7.09. The van der Waals surface area contributed by atoms with Crippen molar-refractivity contribution in [1.82, 2.24) is 20.3 Å². The van der Waals surface area contributed by atoms with Gasteiger partial charge < -0.3 is 15.0 Å². The summed E-state index contributed by atoms with van der Waals surface area (Å²) in [5, 5.41) is 5.95. The number of carbonyl (C=O) groups excluding carboxylic acids is 1. The van der Waals surface area contributed by atoms with Crippen LogP contribution in [0.25, 0.3) is 11.3 Å². The van der Waals surface area contributed by atoms with Crippen LogP contribution in [0.1, 0.15) is 34.6 Å². The summed E-state index contributed by atoms with van der Waals surface area (Å²) in [6.45, 7) is 2.48. The maximum absolute atomic E-state index is 12.4. The van der Waals surface area contributed by atoms with E-state index >= 15 is 0 Å². The van der Waals surface area contributed by atoms with E-state index in [0.29, 0.717) is 24.5 Å². The molecule has 1 aliphatic rings. The normalized spacial score (nSPS) is 13.8. The summed E-state index contributed by atoms with van der Waals surface area (Å²) in [4.78, 5) is 28.0. The van der Waals surface area contributed by atoms with Crippen molar-refractivity contribution < 1.29 is 9.53 Å². The standard InChI is InChI=1S/C22H25N5O2S/c1-29-18-7-5-16(6-8-18)19-15-30-20(26-19)9-10-23-21(28)17-13-24-22(25-14-17)27-11-3-2-4-12-27/h5-8,13-15H,2-4,9-12H2,1H3,(H,23,28). The van der Waals surface area contributed by atoms with E-state index in [9.17, 15) is 4.79 Å². The van der Waals surface area contributed by atoms with Gasteiger partial charge in [-0.3, -0.25) is 4.79 Å². The lowest BCUT2D eigenvalue weighted by atomic mass is 10.1. The van der Waals surface area contributed by atoms with Crippen LogP contribution in [0.2, 0.25) is 0 Å². The van der Waals surface area contributed by atoms with Crippen LogP contribution in [0.15, 0.2) is 42.0 Å². The number of hydrogen-bond acceptors (Lipinski definition) is 7. The molecule has 8 heteroatoms. The molecule has 2 aromatic heterocycles. The molecule has 4 rings (SSSR count). The molecule has 3 heterocycles. The van der Waals surface area contributed by atoms with Gasteiger partial charge in [0.15, 0.2) is 0 Å². The van der Waals surface area contributed by atoms with Crippen LogP contribution in [0.5, 0.6) is 5.75 Å². The Kier molecular flexibility index (Phi) is 6.53. The molecule has 7 nitrogen and oxygen atoms in total. The third-order valence-corrected chi connectivity index (χ3v) is 6.01. The fourth-order valence-corrected chi connectivity index (χ4v) is 4.21. The lowest BCUT2D eigenvalue weighted by Gasteiger charge is -2.26. The van der Waals surface area contributed by atoms with Gasteiger partial charge in [-0.15, -0.1) is 11.3 Å². The highest BCUT2D eigenvalue weighted by atomic mass is 32.1. The Labute approximate surface area is 180 Å². The summed E-state index contributed by atoms with van der Waals surface area (Å²) in [5.74, 6) is 1.37. The molecule has 1 amide bonds. The van der Waals surface area contributed by atoms with E-state index in [1.54, 1.807) is 30.8 Å². The third-order valence-electron chi connectivity index (χ3n) is 5.10. The van der Waals surface area contributed by atoms with E-state index in [1.165, 1.54) is 19.3 Å². The first kappa shape index (κ1) is 20.3. The number of amides is 1. The molecule has 1 aliphatic heterocycles. The molecule has 1 N–H and O–H groups in total. The molecule has 3 aromatic rings. The number of nitrogens with zero attached hydrogens (tertiary/aromatic N) is 4. The Morgan fingerprint density at radius 3 is 2.57 bits per heavy atom. The van der Waals surface area contributed by atoms with Gasteiger partial charge in [-0.2, -0.15) is 0 Å². The van der Waals surface area contributed by atoms with Crippen LogP contribution in [-0.2, 0) is 6.42 Å². The fourth-order valence-electron chi connectivity index (χ4n) is 3.40. The average molecular weight is 424 g/mol. The Morgan fingerprint density at radius 1 is 1.13 bits per heavy atom. The topological polar surface area (TPSA) is 80.2 Å². The molecule has 0 bridgehead atoms. The van der Waals surface area contributed by atoms with Crippen LogP contribution in [-0.4, -0.2) is 47.6 Å². The number of rotatable bonds is 7. The first-order valence-electron chi connectivity index (χ1n) is 10.2. The molecule has 0 spiro atoms. The van der Waals surface area contributed by atoms with E-state index < -0.39 is 0 Å². The van der Waals surface area contributed by atoms with Gasteiger partial charge in [0.1, 0.15) is 5.75 Å². The minimum Gasteiger partial charge on any atom is -0.497 e. The van der Waals surface area contributed by atoms with Crippen molar-refractivity contribution >= 4 is 23.2 Å². The van der Waals surface area contributed by atoms with Gasteiger partial charge in [-0.25, -0.2) is 15.0 Å². The zero-order chi connectivity index (χ0) is 20.8. The zero-order valence-electron chi connectivity index (χ0n) is 17.0. The number of anilines is 1. The van der Waals surface area contributed by atoms with Gasteiger partial charge in [0, 0.05) is 49.4 Å². The molecule has 30 heavy (non-hydrogen) atoms. The number of carbonyl (C=O) groups is 1.